The molecule has 0 aliphatic rings. The lowest BCUT2D eigenvalue weighted by Gasteiger charge is -2.08. The van der Waals surface area contributed by atoms with Crippen molar-refractivity contribution in [1.82, 2.24) is 0 Å². The number of rotatable bonds is 4. The standard InChI is InChI=1S/C15H16N2O3S/c1-3-20-15(19)10-6-7-21-14(10)17-13(18)11-8-9(2)4-5-12(11)16/h4-8H,3,16H2,1-2H3,(H,17,18). The van der Waals surface area contributed by atoms with Crippen LogP contribution in [-0.4, -0.2) is 18.5 Å². The van der Waals surface area contributed by atoms with E-state index in [0.717, 1.165) is 5.56 Å². The third-order valence-corrected chi connectivity index (χ3v) is 3.67. The summed E-state index contributed by atoms with van der Waals surface area (Å²) in [6, 6.07) is 6.85. The zero-order valence-electron chi connectivity index (χ0n) is 11.8. The van der Waals surface area contributed by atoms with E-state index in [1.165, 1.54) is 11.3 Å². The van der Waals surface area contributed by atoms with Gasteiger partial charge < -0.3 is 15.8 Å². The SMILES string of the molecule is CCOC(=O)c1ccsc1NC(=O)c1cc(C)ccc1N. The Morgan fingerprint density at radius 1 is 1.29 bits per heavy atom. The zero-order chi connectivity index (χ0) is 15.4. The van der Waals surface area contributed by atoms with Gasteiger partial charge in [0.15, 0.2) is 0 Å². The van der Waals surface area contributed by atoms with Crippen LogP contribution in [0.15, 0.2) is 29.6 Å². The zero-order valence-corrected chi connectivity index (χ0v) is 12.6. The van der Waals surface area contributed by atoms with Gasteiger partial charge in [0.25, 0.3) is 5.91 Å². The number of carbonyl (C=O) groups is 2. The second kappa shape index (κ2) is 6.41. The average Bonchev–Trinajstić information content (AvgIpc) is 2.90. The summed E-state index contributed by atoms with van der Waals surface area (Å²) in [5.74, 6) is -0.796. The number of nitrogens with one attached hydrogen (secondary N) is 1. The molecule has 0 aliphatic heterocycles. The van der Waals surface area contributed by atoms with Gasteiger partial charge in [-0.2, -0.15) is 0 Å². The number of amides is 1. The number of ether oxygens (including phenoxy) is 1. The number of anilines is 2. The Morgan fingerprint density at radius 2 is 2.05 bits per heavy atom. The first kappa shape index (κ1) is 15.1. The minimum Gasteiger partial charge on any atom is -0.462 e. The smallest absolute Gasteiger partial charge is 0.341 e. The Hall–Kier alpha value is -2.34. The summed E-state index contributed by atoms with van der Waals surface area (Å²) in [6.07, 6.45) is 0. The first-order valence-electron chi connectivity index (χ1n) is 6.45. The Balaban J connectivity index is 2.22. The Bertz CT molecular complexity index is 679. The number of carbonyl (C=O) groups excluding carboxylic acids is 2. The fourth-order valence-corrected chi connectivity index (χ4v) is 2.58. The van der Waals surface area contributed by atoms with Gasteiger partial charge in [-0.25, -0.2) is 4.79 Å². The Labute approximate surface area is 126 Å². The normalized spacial score (nSPS) is 10.2. The number of esters is 1. The van der Waals surface area contributed by atoms with E-state index in [0.29, 0.717) is 21.8 Å². The fourth-order valence-electron chi connectivity index (χ4n) is 1.81. The number of nitrogens with two attached hydrogens (primary N) is 1. The van der Waals surface area contributed by atoms with Crippen LogP contribution in [0.2, 0.25) is 0 Å². The van der Waals surface area contributed by atoms with Crippen LogP contribution in [0, 0.1) is 6.92 Å². The predicted molar refractivity (Wildman–Crippen MR) is 83.8 cm³/mol. The van der Waals surface area contributed by atoms with Crippen molar-refractivity contribution in [2.75, 3.05) is 17.7 Å². The highest BCUT2D eigenvalue weighted by molar-refractivity contribution is 7.14. The average molecular weight is 304 g/mol. The van der Waals surface area contributed by atoms with Gasteiger partial charge in [-0.15, -0.1) is 11.3 Å². The van der Waals surface area contributed by atoms with Crippen LogP contribution in [-0.2, 0) is 4.74 Å². The number of hydrogen-bond acceptors (Lipinski definition) is 5. The van der Waals surface area contributed by atoms with Gasteiger partial charge in [-0.1, -0.05) is 11.6 Å². The molecule has 0 spiro atoms. The van der Waals surface area contributed by atoms with Gasteiger partial charge >= 0.3 is 5.97 Å². The van der Waals surface area contributed by atoms with Gasteiger partial charge in [0.2, 0.25) is 0 Å². The van der Waals surface area contributed by atoms with Crippen LogP contribution in [0.3, 0.4) is 0 Å². The summed E-state index contributed by atoms with van der Waals surface area (Å²) in [6.45, 7) is 3.90. The third-order valence-electron chi connectivity index (χ3n) is 2.84. The summed E-state index contributed by atoms with van der Waals surface area (Å²) in [7, 11) is 0. The molecule has 0 bridgehead atoms. The summed E-state index contributed by atoms with van der Waals surface area (Å²) in [5.41, 5.74) is 7.88. The first-order valence-corrected chi connectivity index (χ1v) is 7.33. The number of hydrogen-bond donors (Lipinski definition) is 2. The molecule has 1 aromatic carbocycles. The van der Waals surface area contributed by atoms with Crippen molar-refractivity contribution in [3.8, 4) is 0 Å². The van der Waals surface area contributed by atoms with E-state index >= 15 is 0 Å². The molecular weight excluding hydrogens is 288 g/mol. The summed E-state index contributed by atoms with van der Waals surface area (Å²) in [5, 5.41) is 4.89. The topological polar surface area (TPSA) is 81.4 Å². The van der Waals surface area contributed by atoms with E-state index < -0.39 is 5.97 Å². The van der Waals surface area contributed by atoms with E-state index in [9.17, 15) is 9.59 Å². The van der Waals surface area contributed by atoms with E-state index in [1.807, 2.05) is 13.0 Å². The molecule has 0 saturated heterocycles. The van der Waals surface area contributed by atoms with Crippen LogP contribution in [0.1, 0.15) is 33.2 Å². The lowest BCUT2D eigenvalue weighted by molar-refractivity contribution is 0.0528. The molecule has 1 aromatic heterocycles. The highest BCUT2D eigenvalue weighted by Gasteiger charge is 2.17. The molecule has 2 aromatic rings. The van der Waals surface area contributed by atoms with Gasteiger partial charge in [0.1, 0.15) is 5.00 Å². The van der Waals surface area contributed by atoms with Gasteiger partial charge in [0, 0.05) is 5.69 Å². The Kier molecular flexibility index (Phi) is 4.59. The molecular formula is C15H16N2O3S. The highest BCUT2D eigenvalue weighted by Crippen LogP contribution is 2.25. The van der Waals surface area contributed by atoms with Crippen molar-refractivity contribution in [2.45, 2.75) is 13.8 Å². The van der Waals surface area contributed by atoms with Crippen molar-refractivity contribution >= 4 is 33.9 Å². The summed E-state index contributed by atoms with van der Waals surface area (Å²) < 4.78 is 4.95. The molecule has 2 rings (SSSR count). The maximum absolute atomic E-state index is 12.3. The number of thiophene rings is 1. The van der Waals surface area contributed by atoms with Gasteiger partial charge in [-0.05, 0) is 37.4 Å². The fraction of sp³-hybridized carbons (Fsp3) is 0.200. The molecule has 0 saturated carbocycles. The minimum absolute atomic E-state index is 0.285. The molecule has 0 radical (unpaired) electrons. The van der Waals surface area contributed by atoms with Gasteiger partial charge in [0.05, 0.1) is 17.7 Å². The quantitative estimate of drug-likeness (QED) is 0.672. The summed E-state index contributed by atoms with van der Waals surface area (Å²) in [4.78, 5) is 24.1. The molecule has 0 atom stereocenters. The minimum atomic E-state index is -0.453. The van der Waals surface area contributed by atoms with Crippen molar-refractivity contribution < 1.29 is 14.3 Å². The molecule has 0 fully saturated rings. The number of aryl methyl sites for hydroxylation is 1. The van der Waals surface area contributed by atoms with Crippen LogP contribution < -0.4 is 11.1 Å². The molecule has 0 aliphatic carbocycles. The molecule has 5 nitrogen and oxygen atoms in total. The molecule has 1 heterocycles. The van der Waals surface area contributed by atoms with Crippen molar-refractivity contribution in [3.63, 3.8) is 0 Å². The largest absolute Gasteiger partial charge is 0.462 e. The Morgan fingerprint density at radius 3 is 2.76 bits per heavy atom. The lowest BCUT2D eigenvalue weighted by atomic mass is 10.1. The molecule has 6 heteroatoms. The molecule has 21 heavy (non-hydrogen) atoms. The van der Waals surface area contributed by atoms with Gasteiger partial charge in [-0.3, -0.25) is 4.79 Å². The predicted octanol–water partition coefficient (Wildman–Crippen LogP) is 3.07. The second-order valence-corrected chi connectivity index (χ2v) is 5.34. The van der Waals surface area contributed by atoms with E-state index in [2.05, 4.69) is 5.32 Å². The van der Waals surface area contributed by atoms with Crippen molar-refractivity contribution in [1.29, 1.82) is 0 Å². The first-order chi connectivity index (χ1) is 10.0. The summed E-state index contributed by atoms with van der Waals surface area (Å²) >= 11 is 1.26. The van der Waals surface area contributed by atoms with E-state index in [1.54, 1.807) is 30.5 Å². The van der Waals surface area contributed by atoms with E-state index in [4.69, 9.17) is 10.5 Å². The lowest BCUT2D eigenvalue weighted by Crippen LogP contribution is -2.16. The molecule has 1 amide bonds. The van der Waals surface area contributed by atoms with Crippen LogP contribution in [0.25, 0.3) is 0 Å². The second-order valence-electron chi connectivity index (χ2n) is 4.43. The monoisotopic (exact) mass is 304 g/mol. The van der Waals surface area contributed by atoms with Crippen molar-refractivity contribution in [2.24, 2.45) is 0 Å². The van der Waals surface area contributed by atoms with Crippen LogP contribution in [0.5, 0.6) is 0 Å². The van der Waals surface area contributed by atoms with Crippen LogP contribution >= 0.6 is 11.3 Å². The third kappa shape index (κ3) is 3.41. The van der Waals surface area contributed by atoms with Crippen LogP contribution in [0.4, 0.5) is 10.7 Å². The molecule has 3 N–H and O–H groups in total. The molecule has 0 unspecified atom stereocenters. The molecule has 110 valence electrons. The van der Waals surface area contributed by atoms with E-state index in [-0.39, 0.29) is 12.5 Å². The maximum Gasteiger partial charge on any atom is 0.341 e. The number of nitrogen functional groups attached to an aromatic ring is 1. The highest BCUT2D eigenvalue weighted by atomic mass is 32.1. The number of benzene rings is 1. The van der Waals surface area contributed by atoms with Crippen molar-refractivity contribution in [3.05, 3.63) is 46.3 Å². The maximum atomic E-state index is 12.3.